The molecule has 3 heteroatoms. The van der Waals surface area contributed by atoms with Crippen molar-refractivity contribution in [1.29, 1.82) is 0 Å². The van der Waals surface area contributed by atoms with Gasteiger partial charge in [-0.05, 0) is 31.9 Å². The van der Waals surface area contributed by atoms with Crippen LogP contribution < -0.4 is 5.32 Å². The van der Waals surface area contributed by atoms with Crippen molar-refractivity contribution in [2.24, 2.45) is 0 Å². The number of aromatic nitrogens is 2. The Hall–Kier alpha value is -0.830. The van der Waals surface area contributed by atoms with Gasteiger partial charge >= 0.3 is 0 Å². The Morgan fingerprint density at radius 1 is 1.67 bits per heavy atom. The molecule has 0 amide bonds. The molecule has 1 aliphatic rings. The van der Waals surface area contributed by atoms with Gasteiger partial charge in [-0.1, -0.05) is 13.3 Å². The highest BCUT2D eigenvalue weighted by atomic mass is 15.3. The summed E-state index contributed by atoms with van der Waals surface area (Å²) in [6, 6.07) is 0.540. The van der Waals surface area contributed by atoms with Crippen molar-refractivity contribution in [2.75, 3.05) is 13.1 Å². The van der Waals surface area contributed by atoms with Crippen molar-refractivity contribution in [3.63, 3.8) is 0 Å². The van der Waals surface area contributed by atoms with Gasteiger partial charge in [0.2, 0.25) is 0 Å². The zero-order valence-electron chi connectivity index (χ0n) is 9.74. The van der Waals surface area contributed by atoms with Crippen LogP contribution in [0.5, 0.6) is 0 Å². The molecule has 15 heavy (non-hydrogen) atoms. The molecule has 3 nitrogen and oxygen atoms in total. The first-order valence-corrected chi connectivity index (χ1v) is 6.06. The lowest BCUT2D eigenvalue weighted by Gasteiger charge is -2.10. The van der Waals surface area contributed by atoms with Gasteiger partial charge in [0.25, 0.3) is 0 Å². The van der Waals surface area contributed by atoms with E-state index in [0.717, 1.165) is 13.1 Å². The van der Waals surface area contributed by atoms with Gasteiger partial charge in [-0.2, -0.15) is 5.10 Å². The van der Waals surface area contributed by atoms with Crippen LogP contribution in [0.3, 0.4) is 0 Å². The third-order valence-electron chi connectivity index (χ3n) is 3.31. The smallest absolute Gasteiger partial charge is 0.0525 e. The molecular weight excluding hydrogens is 186 g/mol. The van der Waals surface area contributed by atoms with Crippen molar-refractivity contribution < 1.29 is 0 Å². The molecule has 2 heterocycles. The summed E-state index contributed by atoms with van der Waals surface area (Å²) in [5.74, 6) is 0.688. The summed E-state index contributed by atoms with van der Waals surface area (Å²) >= 11 is 0. The Kier molecular flexibility index (Phi) is 3.41. The predicted octanol–water partition coefficient (Wildman–Crippen LogP) is 2.32. The standard InChI is InChI=1S/C12H21N3/c1-3-4-10(2)15-9-12(8-14-15)11-5-6-13-7-11/h8-11,13H,3-7H2,1-2H3. The first kappa shape index (κ1) is 10.7. The van der Waals surface area contributed by atoms with Gasteiger partial charge in [0, 0.05) is 24.7 Å². The maximum atomic E-state index is 4.47. The average Bonchev–Trinajstić information content (AvgIpc) is 2.89. The Balaban J connectivity index is 2.02. The summed E-state index contributed by atoms with van der Waals surface area (Å²) < 4.78 is 2.12. The van der Waals surface area contributed by atoms with Crippen LogP contribution in [0.15, 0.2) is 12.4 Å². The topological polar surface area (TPSA) is 29.9 Å². The minimum Gasteiger partial charge on any atom is -0.316 e. The molecule has 0 bridgehead atoms. The van der Waals surface area contributed by atoms with E-state index in [0.29, 0.717) is 12.0 Å². The second-order valence-electron chi connectivity index (χ2n) is 4.58. The Bertz CT molecular complexity index is 300. The van der Waals surface area contributed by atoms with Crippen molar-refractivity contribution in [1.82, 2.24) is 15.1 Å². The van der Waals surface area contributed by atoms with Crippen LogP contribution in [0.2, 0.25) is 0 Å². The van der Waals surface area contributed by atoms with E-state index in [2.05, 4.69) is 35.1 Å². The quantitative estimate of drug-likeness (QED) is 0.821. The Morgan fingerprint density at radius 3 is 3.20 bits per heavy atom. The monoisotopic (exact) mass is 207 g/mol. The molecule has 1 N–H and O–H groups in total. The largest absolute Gasteiger partial charge is 0.316 e. The number of nitrogens with zero attached hydrogens (tertiary/aromatic N) is 2. The zero-order valence-corrected chi connectivity index (χ0v) is 9.74. The summed E-state index contributed by atoms with van der Waals surface area (Å²) in [5.41, 5.74) is 1.41. The molecule has 1 aromatic rings. The molecule has 2 rings (SSSR count). The molecule has 0 spiro atoms. The zero-order chi connectivity index (χ0) is 10.7. The first-order chi connectivity index (χ1) is 7.31. The van der Waals surface area contributed by atoms with E-state index in [1.807, 2.05) is 6.20 Å². The van der Waals surface area contributed by atoms with Gasteiger partial charge < -0.3 is 5.32 Å². The summed E-state index contributed by atoms with van der Waals surface area (Å²) in [6.07, 6.45) is 7.97. The van der Waals surface area contributed by atoms with Crippen molar-refractivity contribution in [2.45, 2.75) is 45.1 Å². The number of hydrogen-bond donors (Lipinski definition) is 1. The van der Waals surface area contributed by atoms with Gasteiger partial charge in [-0.25, -0.2) is 0 Å². The fourth-order valence-electron chi connectivity index (χ4n) is 2.29. The van der Waals surface area contributed by atoms with E-state index < -0.39 is 0 Å². The fourth-order valence-corrected chi connectivity index (χ4v) is 2.29. The van der Waals surface area contributed by atoms with E-state index in [1.165, 1.54) is 24.8 Å². The maximum absolute atomic E-state index is 4.47. The second kappa shape index (κ2) is 4.79. The molecule has 1 aromatic heterocycles. The summed E-state index contributed by atoms with van der Waals surface area (Å²) in [6.45, 7) is 6.74. The summed E-state index contributed by atoms with van der Waals surface area (Å²) in [7, 11) is 0. The van der Waals surface area contributed by atoms with Crippen LogP contribution in [-0.4, -0.2) is 22.9 Å². The van der Waals surface area contributed by atoms with E-state index in [9.17, 15) is 0 Å². The van der Waals surface area contributed by atoms with Crippen LogP contribution >= 0.6 is 0 Å². The predicted molar refractivity (Wildman–Crippen MR) is 62.1 cm³/mol. The molecule has 1 fully saturated rings. The second-order valence-corrected chi connectivity index (χ2v) is 4.58. The van der Waals surface area contributed by atoms with Gasteiger partial charge in [-0.3, -0.25) is 4.68 Å². The first-order valence-electron chi connectivity index (χ1n) is 6.06. The third kappa shape index (κ3) is 2.40. The van der Waals surface area contributed by atoms with Crippen LogP contribution in [0.1, 0.15) is 50.6 Å². The molecule has 84 valence electrons. The molecule has 0 aliphatic carbocycles. The van der Waals surface area contributed by atoms with Gasteiger partial charge in [0.15, 0.2) is 0 Å². The molecule has 0 aromatic carbocycles. The molecule has 2 atom stereocenters. The Morgan fingerprint density at radius 2 is 2.53 bits per heavy atom. The molecule has 0 saturated carbocycles. The molecular formula is C12H21N3. The third-order valence-corrected chi connectivity index (χ3v) is 3.31. The lowest BCUT2D eigenvalue weighted by atomic mass is 10.0. The van der Waals surface area contributed by atoms with Crippen molar-refractivity contribution >= 4 is 0 Å². The van der Waals surface area contributed by atoms with Crippen LogP contribution in [0, 0.1) is 0 Å². The van der Waals surface area contributed by atoms with Crippen LogP contribution in [0.25, 0.3) is 0 Å². The molecule has 0 radical (unpaired) electrons. The van der Waals surface area contributed by atoms with E-state index >= 15 is 0 Å². The Labute approximate surface area is 91.9 Å². The SMILES string of the molecule is CCCC(C)n1cc(C2CCNC2)cn1. The number of rotatable bonds is 4. The molecule has 1 saturated heterocycles. The number of hydrogen-bond acceptors (Lipinski definition) is 2. The minimum absolute atomic E-state index is 0.540. The van der Waals surface area contributed by atoms with Gasteiger partial charge in [0.05, 0.1) is 6.20 Å². The molecule has 1 aliphatic heterocycles. The highest BCUT2D eigenvalue weighted by molar-refractivity contribution is 5.13. The maximum Gasteiger partial charge on any atom is 0.0525 e. The molecule has 2 unspecified atom stereocenters. The highest BCUT2D eigenvalue weighted by Crippen LogP contribution is 2.23. The van der Waals surface area contributed by atoms with Crippen LogP contribution in [-0.2, 0) is 0 Å². The lowest BCUT2D eigenvalue weighted by Crippen LogP contribution is -2.08. The van der Waals surface area contributed by atoms with Gasteiger partial charge in [-0.15, -0.1) is 0 Å². The highest BCUT2D eigenvalue weighted by Gasteiger charge is 2.18. The number of nitrogens with one attached hydrogen (secondary N) is 1. The normalized spacial score (nSPS) is 23.2. The van der Waals surface area contributed by atoms with E-state index in [1.54, 1.807) is 0 Å². The summed E-state index contributed by atoms with van der Waals surface area (Å²) in [4.78, 5) is 0. The fraction of sp³-hybridized carbons (Fsp3) is 0.750. The van der Waals surface area contributed by atoms with E-state index in [4.69, 9.17) is 0 Å². The minimum atomic E-state index is 0.540. The average molecular weight is 207 g/mol. The van der Waals surface area contributed by atoms with E-state index in [-0.39, 0.29) is 0 Å². The van der Waals surface area contributed by atoms with Crippen molar-refractivity contribution in [3.8, 4) is 0 Å². The lowest BCUT2D eigenvalue weighted by molar-refractivity contribution is 0.454. The summed E-state index contributed by atoms with van der Waals surface area (Å²) in [5, 5.41) is 7.87. The van der Waals surface area contributed by atoms with Crippen molar-refractivity contribution in [3.05, 3.63) is 18.0 Å². The van der Waals surface area contributed by atoms with Gasteiger partial charge in [0.1, 0.15) is 0 Å². The van der Waals surface area contributed by atoms with Crippen LogP contribution in [0.4, 0.5) is 0 Å².